The van der Waals surface area contributed by atoms with Gasteiger partial charge in [-0.1, -0.05) is 34.1 Å². The van der Waals surface area contributed by atoms with Gasteiger partial charge in [0.05, 0.1) is 0 Å². The maximum Gasteiger partial charge on any atom is 0.00104 e. The maximum absolute atomic E-state index is 3.56. The lowest BCUT2D eigenvalue weighted by Crippen LogP contribution is -2.40. The van der Waals surface area contributed by atoms with Crippen molar-refractivity contribution in [1.82, 2.24) is 5.32 Å². The van der Waals surface area contributed by atoms with Crippen molar-refractivity contribution in [3.63, 3.8) is 0 Å². The Labute approximate surface area is 83.3 Å². The lowest BCUT2D eigenvalue weighted by atomic mass is 9.67. The molecule has 0 bridgehead atoms. The molecular weight excluding hydrogens is 158 g/mol. The van der Waals surface area contributed by atoms with Gasteiger partial charge in [-0.2, -0.15) is 0 Å². The number of nitrogens with one attached hydrogen (secondary N) is 1. The first-order valence-electron chi connectivity index (χ1n) is 5.88. The maximum atomic E-state index is 3.56. The molecule has 0 amide bonds. The standard InChI is InChI=1S/C12H25N/c1-5-10(4)12-7-6-11(12)8-13-9(2)3/h9-13H,5-8H2,1-4H3. The summed E-state index contributed by atoms with van der Waals surface area (Å²) in [7, 11) is 0. The molecule has 0 aliphatic heterocycles. The van der Waals surface area contributed by atoms with E-state index in [1.807, 2.05) is 0 Å². The summed E-state index contributed by atoms with van der Waals surface area (Å²) in [6, 6.07) is 0.651. The third-order valence-electron chi connectivity index (χ3n) is 3.64. The van der Waals surface area contributed by atoms with E-state index in [9.17, 15) is 0 Å². The summed E-state index contributed by atoms with van der Waals surface area (Å²) in [4.78, 5) is 0. The SMILES string of the molecule is CCC(C)C1CCC1CNC(C)C. The fourth-order valence-electron chi connectivity index (χ4n) is 2.29. The van der Waals surface area contributed by atoms with Gasteiger partial charge in [0.1, 0.15) is 0 Å². The van der Waals surface area contributed by atoms with Gasteiger partial charge in [-0.05, 0) is 37.1 Å². The van der Waals surface area contributed by atoms with E-state index in [-0.39, 0.29) is 0 Å². The predicted octanol–water partition coefficient (Wildman–Crippen LogP) is 3.06. The Morgan fingerprint density at radius 1 is 1.23 bits per heavy atom. The average molecular weight is 183 g/mol. The van der Waals surface area contributed by atoms with Gasteiger partial charge in [0.25, 0.3) is 0 Å². The Hall–Kier alpha value is -0.0400. The highest BCUT2D eigenvalue weighted by atomic mass is 14.9. The first kappa shape index (κ1) is 11.0. The largest absolute Gasteiger partial charge is 0.314 e. The molecule has 1 aliphatic rings. The zero-order valence-corrected chi connectivity index (χ0v) is 9.64. The Morgan fingerprint density at radius 3 is 2.31 bits per heavy atom. The summed E-state index contributed by atoms with van der Waals surface area (Å²) in [5, 5.41) is 3.56. The van der Waals surface area contributed by atoms with E-state index < -0.39 is 0 Å². The Balaban J connectivity index is 2.20. The minimum atomic E-state index is 0.651. The van der Waals surface area contributed by atoms with E-state index in [2.05, 4.69) is 33.0 Å². The van der Waals surface area contributed by atoms with E-state index >= 15 is 0 Å². The molecule has 1 heteroatoms. The molecule has 13 heavy (non-hydrogen) atoms. The molecule has 0 heterocycles. The van der Waals surface area contributed by atoms with Gasteiger partial charge in [0.2, 0.25) is 0 Å². The molecule has 3 unspecified atom stereocenters. The molecule has 1 aliphatic carbocycles. The monoisotopic (exact) mass is 183 g/mol. The van der Waals surface area contributed by atoms with Crippen LogP contribution < -0.4 is 5.32 Å². The van der Waals surface area contributed by atoms with Gasteiger partial charge in [-0.25, -0.2) is 0 Å². The van der Waals surface area contributed by atoms with Crippen molar-refractivity contribution in [2.75, 3.05) is 6.54 Å². The molecule has 1 nitrogen and oxygen atoms in total. The molecule has 0 saturated heterocycles. The van der Waals surface area contributed by atoms with Gasteiger partial charge in [0.15, 0.2) is 0 Å². The normalized spacial score (nSPS) is 30.2. The van der Waals surface area contributed by atoms with E-state index in [4.69, 9.17) is 0 Å². The minimum absolute atomic E-state index is 0.651. The first-order chi connectivity index (χ1) is 6.15. The molecule has 0 radical (unpaired) electrons. The molecule has 1 rings (SSSR count). The summed E-state index contributed by atoms with van der Waals surface area (Å²) in [6.45, 7) is 10.4. The van der Waals surface area contributed by atoms with Gasteiger partial charge in [-0.15, -0.1) is 0 Å². The highest BCUT2D eigenvalue weighted by Gasteiger charge is 2.33. The molecule has 0 spiro atoms. The Morgan fingerprint density at radius 2 is 1.92 bits per heavy atom. The zero-order chi connectivity index (χ0) is 9.84. The molecule has 1 fully saturated rings. The van der Waals surface area contributed by atoms with Crippen molar-refractivity contribution in [3.8, 4) is 0 Å². The molecule has 0 aromatic carbocycles. The lowest BCUT2D eigenvalue weighted by molar-refractivity contribution is 0.107. The van der Waals surface area contributed by atoms with Crippen LogP contribution in [-0.4, -0.2) is 12.6 Å². The van der Waals surface area contributed by atoms with Gasteiger partial charge >= 0.3 is 0 Å². The van der Waals surface area contributed by atoms with Crippen LogP contribution >= 0.6 is 0 Å². The summed E-state index contributed by atoms with van der Waals surface area (Å²) in [6.07, 6.45) is 4.27. The van der Waals surface area contributed by atoms with Crippen LogP contribution in [0, 0.1) is 17.8 Å². The molecule has 3 atom stereocenters. The molecule has 0 aromatic rings. The highest BCUT2D eigenvalue weighted by Crippen LogP contribution is 2.40. The Bertz CT molecular complexity index is 142. The average Bonchev–Trinajstić information content (AvgIpc) is 2.01. The van der Waals surface area contributed by atoms with Crippen LogP contribution in [-0.2, 0) is 0 Å². The van der Waals surface area contributed by atoms with Gasteiger partial charge in [-0.3, -0.25) is 0 Å². The predicted molar refractivity (Wildman–Crippen MR) is 58.8 cm³/mol. The molecular formula is C12H25N. The van der Waals surface area contributed by atoms with Crippen LogP contribution in [0.3, 0.4) is 0 Å². The first-order valence-corrected chi connectivity index (χ1v) is 5.88. The number of rotatable bonds is 5. The second-order valence-corrected chi connectivity index (χ2v) is 4.95. The van der Waals surface area contributed by atoms with Crippen molar-refractivity contribution in [2.45, 2.75) is 53.0 Å². The number of hydrogen-bond donors (Lipinski definition) is 1. The van der Waals surface area contributed by atoms with Crippen molar-refractivity contribution >= 4 is 0 Å². The summed E-state index contributed by atoms with van der Waals surface area (Å²) in [5.74, 6) is 2.92. The van der Waals surface area contributed by atoms with E-state index in [1.54, 1.807) is 0 Å². The minimum Gasteiger partial charge on any atom is -0.314 e. The Kier molecular flexibility index (Phi) is 4.24. The van der Waals surface area contributed by atoms with E-state index in [1.165, 1.54) is 25.8 Å². The van der Waals surface area contributed by atoms with Gasteiger partial charge in [0, 0.05) is 6.04 Å². The molecule has 1 N–H and O–H groups in total. The smallest absolute Gasteiger partial charge is 0.00104 e. The fraction of sp³-hybridized carbons (Fsp3) is 1.00. The second-order valence-electron chi connectivity index (χ2n) is 4.95. The third-order valence-corrected chi connectivity index (χ3v) is 3.64. The van der Waals surface area contributed by atoms with E-state index in [0.29, 0.717) is 6.04 Å². The third kappa shape index (κ3) is 2.98. The topological polar surface area (TPSA) is 12.0 Å². The van der Waals surface area contributed by atoms with Crippen LogP contribution in [0.2, 0.25) is 0 Å². The molecule has 0 aromatic heterocycles. The van der Waals surface area contributed by atoms with Crippen LogP contribution in [0.5, 0.6) is 0 Å². The van der Waals surface area contributed by atoms with E-state index in [0.717, 1.165) is 17.8 Å². The lowest BCUT2D eigenvalue weighted by Gasteiger charge is -2.41. The van der Waals surface area contributed by atoms with Crippen LogP contribution in [0.25, 0.3) is 0 Å². The quantitative estimate of drug-likeness (QED) is 0.691. The molecule has 1 saturated carbocycles. The van der Waals surface area contributed by atoms with Crippen molar-refractivity contribution in [3.05, 3.63) is 0 Å². The van der Waals surface area contributed by atoms with Crippen LogP contribution in [0.15, 0.2) is 0 Å². The van der Waals surface area contributed by atoms with Crippen LogP contribution in [0.4, 0.5) is 0 Å². The fourth-order valence-corrected chi connectivity index (χ4v) is 2.29. The van der Waals surface area contributed by atoms with Crippen molar-refractivity contribution in [1.29, 1.82) is 0 Å². The molecule has 78 valence electrons. The summed E-state index contributed by atoms with van der Waals surface area (Å²) >= 11 is 0. The number of hydrogen-bond acceptors (Lipinski definition) is 1. The van der Waals surface area contributed by atoms with Gasteiger partial charge < -0.3 is 5.32 Å². The zero-order valence-electron chi connectivity index (χ0n) is 9.64. The summed E-state index contributed by atoms with van der Waals surface area (Å²) in [5.41, 5.74) is 0. The second kappa shape index (κ2) is 4.99. The van der Waals surface area contributed by atoms with Crippen LogP contribution in [0.1, 0.15) is 47.0 Å². The summed E-state index contributed by atoms with van der Waals surface area (Å²) < 4.78 is 0. The van der Waals surface area contributed by atoms with Crippen molar-refractivity contribution < 1.29 is 0 Å². The highest BCUT2D eigenvalue weighted by molar-refractivity contribution is 4.85. The van der Waals surface area contributed by atoms with Crippen molar-refractivity contribution in [2.24, 2.45) is 17.8 Å².